The second kappa shape index (κ2) is 7.79. The van der Waals surface area contributed by atoms with Crippen LogP contribution in [0, 0.1) is 6.92 Å². The number of benzene rings is 2. The summed E-state index contributed by atoms with van der Waals surface area (Å²) in [5.74, 6) is -0.395. The van der Waals surface area contributed by atoms with Gasteiger partial charge in [0, 0.05) is 22.8 Å². The van der Waals surface area contributed by atoms with Crippen molar-refractivity contribution in [3.05, 3.63) is 58.6 Å². The number of amides is 1. The van der Waals surface area contributed by atoms with Crippen molar-refractivity contribution in [2.24, 2.45) is 0 Å². The van der Waals surface area contributed by atoms with E-state index in [2.05, 4.69) is 10.0 Å². The maximum Gasteiger partial charge on any atom is 0.255 e. The number of carbonyl (C=O) groups is 1. The van der Waals surface area contributed by atoms with E-state index >= 15 is 0 Å². The third-order valence-corrected chi connectivity index (χ3v) is 5.09. The van der Waals surface area contributed by atoms with Gasteiger partial charge in [-0.25, -0.2) is 13.1 Å². The topological polar surface area (TPSA) is 75.3 Å². The van der Waals surface area contributed by atoms with Crippen LogP contribution in [0.2, 0.25) is 5.02 Å². The molecule has 0 spiro atoms. The van der Waals surface area contributed by atoms with Gasteiger partial charge in [-0.15, -0.1) is 0 Å². The highest BCUT2D eigenvalue weighted by Gasteiger charge is 2.16. The summed E-state index contributed by atoms with van der Waals surface area (Å²) < 4.78 is 26.8. The molecule has 0 aliphatic carbocycles. The van der Waals surface area contributed by atoms with Gasteiger partial charge >= 0.3 is 0 Å². The summed E-state index contributed by atoms with van der Waals surface area (Å²) in [4.78, 5) is 12.5. The maximum absolute atomic E-state index is 12.4. The van der Waals surface area contributed by atoms with Crippen LogP contribution < -0.4 is 10.0 Å². The lowest BCUT2D eigenvalue weighted by Crippen LogP contribution is -2.24. The Bertz CT molecular complexity index is 851. The Hall–Kier alpha value is -1.89. The summed E-state index contributed by atoms with van der Waals surface area (Å²) in [6, 6.07) is 11.1. The number of halogens is 1. The molecule has 24 heavy (non-hydrogen) atoms. The van der Waals surface area contributed by atoms with Crippen molar-refractivity contribution in [1.82, 2.24) is 4.72 Å². The van der Waals surface area contributed by atoms with E-state index in [4.69, 9.17) is 11.6 Å². The zero-order chi connectivity index (χ0) is 17.7. The molecule has 0 saturated carbocycles. The van der Waals surface area contributed by atoms with Crippen molar-refractivity contribution in [2.75, 3.05) is 11.9 Å². The molecule has 5 nitrogen and oxygen atoms in total. The van der Waals surface area contributed by atoms with Crippen molar-refractivity contribution < 1.29 is 13.2 Å². The van der Waals surface area contributed by atoms with Gasteiger partial charge < -0.3 is 5.32 Å². The molecule has 0 radical (unpaired) electrons. The highest BCUT2D eigenvalue weighted by molar-refractivity contribution is 7.89. The van der Waals surface area contributed by atoms with Crippen molar-refractivity contribution in [3.8, 4) is 0 Å². The number of hydrogen-bond donors (Lipinski definition) is 2. The average Bonchev–Trinajstić information content (AvgIpc) is 2.56. The van der Waals surface area contributed by atoms with Crippen LogP contribution in [0.15, 0.2) is 47.4 Å². The quantitative estimate of drug-likeness (QED) is 0.820. The van der Waals surface area contributed by atoms with Crippen LogP contribution in [0.5, 0.6) is 0 Å². The fourth-order valence-electron chi connectivity index (χ4n) is 2.05. The van der Waals surface area contributed by atoms with Crippen LogP contribution in [0.25, 0.3) is 0 Å². The monoisotopic (exact) mass is 366 g/mol. The molecule has 7 heteroatoms. The molecule has 0 aliphatic rings. The minimum Gasteiger partial charge on any atom is -0.322 e. The van der Waals surface area contributed by atoms with Gasteiger partial charge in [0.2, 0.25) is 10.0 Å². The first-order valence-corrected chi connectivity index (χ1v) is 9.37. The predicted molar refractivity (Wildman–Crippen MR) is 96.1 cm³/mol. The van der Waals surface area contributed by atoms with Crippen molar-refractivity contribution in [2.45, 2.75) is 25.2 Å². The van der Waals surface area contributed by atoms with Gasteiger partial charge in [-0.2, -0.15) is 0 Å². The largest absolute Gasteiger partial charge is 0.322 e. The van der Waals surface area contributed by atoms with E-state index in [1.165, 1.54) is 12.1 Å². The first-order chi connectivity index (χ1) is 11.3. The summed E-state index contributed by atoms with van der Waals surface area (Å²) in [7, 11) is -3.62. The molecule has 0 bridgehead atoms. The van der Waals surface area contributed by atoms with Gasteiger partial charge in [0.1, 0.15) is 0 Å². The Balaban J connectivity index is 2.25. The second-order valence-electron chi connectivity index (χ2n) is 5.34. The number of carbonyl (C=O) groups excluding carboxylic acids is 1. The zero-order valence-electron chi connectivity index (χ0n) is 13.5. The van der Waals surface area contributed by atoms with E-state index in [9.17, 15) is 13.2 Å². The average molecular weight is 367 g/mol. The maximum atomic E-state index is 12.4. The van der Waals surface area contributed by atoms with Crippen LogP contribution in [0.1, 0.15) is 29.3 Å². The molecule has 0 unspecified atom stereocenters. The lowest BCUT2D eigenvalue weighted by molar-refractivity contribution is 0.102. The molecule has 0 heterocycles. The van der Waals surface area contributed by atoms with Crippen LogP contribution in [0.3, 0.4) is 0 Å². The molecule has 2 N–H and O–H groups in total. The lowest BCUT2D eigenvalue weighted by atomic mass is 10.1. The molecule has 0 aromatic heterocycles. The van der Waals surface area contributed by atoms with Gasteiger partial charge in [0.15, 0.2) is 0 Å². The lowest BCUT2D eigenvalue weighted by Gasteiger charge is -2.10. The highest BCUT2D eigenvalue weighted by atomic mass is 35.5. The molecule has 1 amide bonds. The predicted octanol–water partition coefficient (Wildman–Crippen LogP) is 3.59. The summed E-state index contributed by atoms with van der Waals surface area (Å²) >= 11 is 5.94. The molecular formula is C17H19ClN2O3S. The number of anilines is 1. The second-order valence-corrected chi connectivity index (χ2v) is 7.54. The van der Waals surface area contributed by atoms with Crippen molar-refractivity contribution in [1.29, 1.82) is 0 Å². The van der Waals surface area contributed by atoms with Gasteiger partial charge in [-0.05, 0) is 49.2 Å². The standard InChI is InChI=1S/C17H19ClN2O3S/c1-3-9-19-24(22,23)15-6-4-5-13(10-15)17(21)20-16-11-14(18)8-7-12(16)2/h4-8,10-11,19H,3,9H2,1-2H3,(H,20,21). The Morgan fingerprint density at radius 1 is 1.17 bits per heavy atom. The van der Waals surface area contributed by atoms with Gasteiger partial charge in [0.25, 0.3) is 5.91 Å². The van der Waals surface area contributed by atoms with E-state index in [-0.39, 0.29) is 10.5 Å². The number of aryl methyl sites for hydroxylation is 1. The first-order valence-electron chi connectivity index (χ1n) is 7.50. The zero-order valence-corrected chi connectivity index (χ0v) is 15.0. The molecule has 0 saturated heterocycles. The molecule has 128 valence electrons. The third kappa shape index (κ3) is 4.56. The SMILES string of the molecule is CCCNS(=O)(=O)c1cccc(C(=O)Nc2cc(Cl)ccc2C)c1. The molecule has 2 rings (SSSR count). The van der Waals surface area contributed by atoms with E-state index in [0.717, 1.165) is 5.56 Å². The van der Waals surface area contributed by atoms with E-state index in [1.807, 2.05) is 13.8 Å². The minimum atomic E-state index is -3.62. The molecule has 0 fully saturated rings. The number of nitrogens with one attached hydrogen (secondary N) is 2. The normalized spacial score (nSPS) is 11.3. The van der Waals surface area contributed by atoms with Crippen LogP contribution in [-0.2, 0) is 10.0 Å². The summed E-state index contributed by atoms with van der Waals surface area (Å²) in [6.07, 6.45) is 0.688. The minimum absolute atomic E-state index is 0.0615. The molecule has 0 atom stereocenters. The summed E-state index contributed by atoms with van der Waals surface area (Å²) in [5, 5.41) is 3.26. The molecule has 2 aromatic carbocycles. The van der Waals surface area contributed by atoms with Crippen LogP contribution in [0.4, 0.5) is 5.69 Å². The molecule has 0 aliphatic heterocycles. The van der Waals surface area contributed by atoms with Crippen molar-refractivity contribution >= 4 is 33.2 Å². The van der Waals surface area contributed by atoms with E-state index < -0.39 is 15.9 Å². The Morgan fingerprint density at radius 3 is 2.62 bits per heavy atom. The summed E-state index contributed by atoms with van der Waals surface area (Å²) in [6.45, 7) is 4.07. The Labute approximate surface area is 147 Å². The Morgan fingerprint density at radius 2 is 1.92 bits per heavy atom. The van der Waals surface area contributed by atoms with Gasteiger partial charge in [-0.1, -0.05) is 30.7 Å². The van der Waals surface area contributed by atoms with E-state index in [0.29, 0.717) is 23.7 Å². The van der Waals surface area contributed by atoms with Crippen molar-refractivity contribution in [3.63, 3.8) is 0 Å². The number of hydrogen-bond acceptors (Lipinski definition) is 3. The van der Waals surface area contributed by atoms with Crippen LogP contribution >= 0.6 is 11.6 Å². The highest BCUT2D eigenvalue weighted by Crippen LogP contribution is 2.21. The number of rotatable bonds is 6. The Kier molecular flexibility index (Phi) is 5.99. The third-order valence-electron chi connectivity index (χ3n) is 3.40. The van der Waals surface area contributed by atoms with Gasteiger partial charge in [0.05, 0.1) is 4.90 Å². The smallest absolute Gasteiger partial charge is 0.255 e. The molecule has 2 aromatic rings. The molecular weight excluding hydrogens is 348 g/mol. The van der Waals surface area contributed by atoms with Crippen LogP contribution in [-0.4, -0.2) is 20.9 Å². The summed E-state index contributed by atoms with van der Waals surface area (Å²) in [5.41, 5.74) is 1.71. The fourth-order valence-corrected chi connectivity index (χ4v) is 3.40. The fraction of sp³-hybridized carbons (Fsp3) is 0.235. The van der Waals surface area contributed by atoms with Gasteiger partial charge in [-0.3, -0.25) is 4.79 Å². The first kappa shape index (κ1) is 18.4. The number of sulfonamides is 1. The van der Waals surface area contributed by atoms with E-state index in [1.54, 1.807) is 30.3 Å².